The molecule has 0 atom stereocenters. The van der Waals surface area contributed by atoms with Gasteiger partial charge in [0.05, 0.1) is 4.90 Å². The lowest BCUT2D eigenvalue weighted by Gasteiger charge is -2.02. The SMILES string of the molecule is CC=C(C)S(=O)(=O)c1ccccc1. The fourth-order valence-electron chi connectivity index (χ4n) is 0.941. The van der Waals surface area contributed by atoms with Crippen LogP contribution in [0.3, 0.4) is 0 Å². The second-order valence-electron chi connectivity index (χ2n) is 2.72. The summed E-state index contributed by atoms with van der Waals surface area (Å²) in [6, 6.07) is 8.43. The molecule has 0 heterocycles. The van der Waals surface area contributed by atoms with Crippen molar-refractivity contribution in [2.24, 2.45) is 0 Å². The van der Waals surface area contributed by atoms with Gasteiger partial charge in [-0.2, -0.15) is 0 Å². The van der Waals surface area contributed by atoms with Crippen molar-refractivity contribution < 1.29 is 8.42 Å². The van der Waals surface area contributed by atoms with Crippen LogP contribution in [-0.2, 0) is 9.84 Å². The number of allylic oxidation sites excluding steroid dienone is 2. The van der Waals surface area contributed by atoms with Gasteiger partial charge in [0.1, 0.15) is 0 Å². The van der Waals surface area contributed by atoms with Crippen LogP contribution in [0.2, 0.25) is 0 Å². The third kappa shape index (κ3) is 1.98. The molecule has 13 heavy (non-hydrogen) atoms. The average Bonchev–Trinajstić information content (AvgIpc) is 2.18. The first-order valence-corrected chi connectivity index (χ1v) is 5.50. The summed E-state index contributed by atoms with van der Waals surface area (Å²) in [6.07, 6.45) is 1.60. The van der Waals surface area contributed by atoms with E-state index in [4.69, 9.17) is 0 Å². The van der Waals surface area contributed by atoms with Gasteiger partial charge in [-0.05, 0) is 26.0 Å². The van der Waals surface area contributed by atoms with Crippen LogP contribution < -0.4 is 0 Å². The summed E-state index contributed by atoms with van der Waals surface area (Å²) in [7, 11) is -3.23. The van der Waals surface area contributed by atoms with Crippen molar-refractivity contribution in [1.29, 1.82) is 0 Å². The summed E-state index contributed by atoms with van der Waals surface area (Å²) < 4.78 is 23.4. The quantitative estimate of drug-likeness (QED) is 0.727. The van der Waals surface area contributed by atoms with Crippen molar-refractivity contribution in [2.75, 3.05) is 0 Å². The molecule has 0 saturated heterocycles. The van der Waals surface area contributed by atoms with E-state index in [1.165, 1.54) is 0 Å². The topological polar surface area (TPSA) is 34.1 Å². The Balaban J connectivity index is 3.25. The normalized spacial score (nSPS) is 12.9. The molecule has 0 aromatic heterocycles. The van der Waals surface area contributed by atoms with Crippen LogP contribution >= 0.6 is 0 Å². The van der Waals surface area contributed by atoms with Gasteiger partial charge in [0.25, 0.3) is 0 Å². The van der Waals surface area contributed by atoms with Gasteiger partial charge in [-0.3, -0.25) is 0 Å². The van der Waals surface area contributed by atoms with E-state index in [-0.39, 0.29) is 0 Å². The Morgan fingerprint density at radius 2 is 1.77 bits per heavy atom. The third-order valence-electron chi connectivity index (χ3n) is 1.88. The molecule has 1 aromatic carbocycles. The van der Waals surface area contributed by atoms with Crippen molar-refractivity contribution in [3.63, 3.8) is 0 Å². The van der Waals surface area contributed by atoms with Crippen LogP contribution in [0.4, 0.5) is 0 Å². The van der Waals surface area contributed by atoms with E-state index in [2.05, 4.69) is 0 Å². The Morgan fingerprint density at radius 3 is 2.23 bits per heavy atom. The van der Waals surface area contributed by atoms with Crippen LogP contribution in [0.5, 0.6) is 0 Å². The molecule has 0 spiro atoms. The van der Waals surface area contributed by atoms with Crippen LogP contribution in [0.25, 0.3) is 0 Å². The predicted molar refractivity (Wildman–Crippen MR) is 53.1 cm³/mol. The molecule has 0 saturated carbocycles. The maximum Gasteiger partial charge on any atom is 0.202 e. The lowest BCUT2D eigenvalue weighted by Crippen LogP contribution is -2.01. The van der Waals surface area contributed by atoms with Gasteiger partial charge >= 0.3 is 0 Å². The standard InChI is InChI=1S/C10H12O2S/c1-3-9(2)13(11,12)10-7-5-4-6-8-10/h3-8H,1-2H3. The van der Waals surface area contributed by atoms with Crippen molar-refractivity contribution in [3.8, 4) is 0 Å². The summed E-state index contributed by atoms with van der Waals surface area (Å²) in [4.78, 5) is 0.740. The molecule has 0 aliphatic rings. The summed E-state index contributed by atoms with van der Waals surface area (Å²) in [5.74, 6) is 0. The molecule has 2 nitrogen and oxygen atoms in total. The summed E-state index contributed by atoms with van der Waals surface area (Å²) in [6.45, 7) is 3.32. The molecule has 0 N–H and O–H groups in total. The fourth-order valence-corrected chi connectivity index (χ4v) is 2.14. The molecule has 1 aromatic rings. The zero-order chi connectivity index (χ0) is 9.90. The molecular formula is C10H12O2S. The second kappa shape index (κ2) is 3.75. The molecule has 0 fully saturated rings. The summed E-state index contributed by atoms with van der Waals surface area (Å²) >= 11 is 0. The molecule has 0 radical (unpaired) electrons. The van der Waals surface area contributed by atoms with E-state index in [1.807, 2.05) is 0 Å². The van der Waals surface area contributed by atoms with Crippen molar-refractivity contribution >= 4 is 9.84 Å². The molecule has 3 heteroatoms. The van der Waals surface area contributed by atoms with E-state index in [0.717, 1.165) is 0 Å². The fraction of sp³-hybridized carbons (Fsp3) is 0.200. The molecular weight excluding hydrogens is 184 g/mol. The van der Waals surface area contributed by atoms with E-state index in [1.54, 1.807) is 50.3 Å². The Morgan fingerprint density at radius 1 is 1.23 bits per heavy atom. The van der Waals surface area contributed by atoms with Gasteiger partial charge in [0.15, 0.2) is 0 Å². The molecule has 0 aliphatic heterocycles. The number of rotatable bonds is 2. The zero-order valence-corrected chi connectivity index (χ0v) is 8.51. The van der Waals surface area contributed by atoms with Crippen molar-refractivity contribution in [2.45, 2.75) is 18.7 Å². The van der Waals surface area contributed by atoms with Crippen LogP contribution in [0.1, 0.15) is 13.8 Å². The van der Waals surface area contributed by atoms with Gasteiger partial charge < -0.3 is 0 Å². The Labute approximate surface area is 78.8 Å². The van der Waals surface area contributed by atoms with Crippen molar-refractivity contribution in [1.82, 2.24) is 0 Å². The number of hydrogen-bond acceptors (Lipinski definition) is 2. The second-order valence-corrected chi connectivity index (χ2v) is 4.84. The van der Waals surface area contributed by atoms with Crippen LogP contribution in [-0.4, -0.2) is 8.42 Å². The lowest BCUT2D eigenvalue weighted by molar-refractivity contribution is 0.602. The molecule has 0 bridgehead atoms. The minimum absolute atomic E-state index is 0.352. The minimum Gasteiger partial charge on any atom is -0.219 e. The molecule has 70 valence electrons. The Kier molecular flexibility index (Phi) is 2.88. The monoisotopic (exact) mass is 196 g/mol. The minimum atomic E-state index is -3.23. The van der Waals surface area contributed by atoms with Gasteiger partial charge in [0.2, 0.25) is 9.84 Å². The maximum atomic E-state index is 11.7. The van der Waals surface area contributed by atoms with Gasteiger partial charge in [0, 0.05) is 4.91 Å². The highest BCUT2D eigenvalue weighted by Gasteiger charge is 2.14. The number of sulfone groups is 1. The lowest BCUT2D eigenvalue weighted by atomic mass is 10.4. The average molecular weight is 196 g/mol. The molecule has 0 aliphatic carbocycles. The summed E-state index contributed by atoms with van der Waals surface area (Å²) in [5.41, 5.74) is 0. The number of hydrogen-bond donors (Lipinski definition) is 0. The largest absolute Gasteiger partial charge is 0.219 e. The molecule has 1 rings (SSSR count). The third-order valence-corrected chi connectivity index (χ3v) is 3.86. The zero-order valence-electron chi connectivity index (χ0n) is 7.69. The van der Waals surface area contributed by atoms with E-state index in [9.17, 15) is 8.42 Å². The van der Waals surface area contributed by atoms with Crippen molar-refractivity contribution in [3.05, 3.63) is 41.3 Å². The van der Waals surface area contributed by atoms with Gasteiger partial charge in [-0.1, -0.05) is 24.3 Å². The predicted octanol–water partition coefficient (Wildman–Crippen LogP) is 2.38. The van der Waals surface area contributed by atoms with E-state index >= 15 is 0 Å². The highest BCUT2D eigenvalue weighted by Crippen LogP contribution is 2.17. The number of benzene rings is 1. The Bertz CT molecular complexity index is 402. The van der Waals surface area contributed by atoms with E-state index in [0.29, 0.717) is 9.80 Å². The summed E-state index contributed by atoms with van der Waals surface area (Å²) in [5, 5.41) is 0. The van der Waals surface area contributed by atoms with Crippen LogP contribution in [0.15, 0.2) is 46.2 Å². The first-order chi connectivity index (χ1) is 6.09. The smallest absolute Gasteiger partial charge is 0.202 e. The van der Waals surface area contributed by atoms with Gasteiger partial charge in [-0.25, -0.2) is 8.42 Å². The van der Waals surface area contributed by atoms with Crippen LogP contribution in [0, 0.1) is 0 Å². The highest BCUT2D eigenvalue weighted by molar-refractivity contribution is 7.95. The van der Waals surface area contributed by atoms with E-state index < -0.39 is 9.84 Å². The first kappa shape index (κ1) is 9.99. The molecule has 0 amide bonds. The molecule has 0 unspecified atom stereocenters. The maximum absolute atomic E-state index is 11.7. The highest BCUT2D eigenvalue weighted by atomic mass is 32.2. The first-order valence-electron chi connectivity index (χ1n) is 4.02. The Hall–Kier alpha value is -1.09. The van der Waals surface area contributed by atoms with Gasteiger partial charge in [-0.15, -0.1) is 0 Å².